The van der Waals surface area contributed by atoms with Crippen molar-refractivity contribution < 1.29 is 38.5 Å². The van der Waals surface area contributed by atoms with Gasteiger partial charge in [0.1, 0.15) is 6.10 Å². The Kier molecular flexibility index (Phi) is 6.67. The van der Waals surface area contributed by atoms with E-state index in [-0.39, 0.29) is 18.4 Å². The number of ether oxygens (including phenoxy) is 3. The smallest absolute Gasteiger partial charge is 0.334 e. The Morgan fingerprint density at radius 2 is 1.93 bits per heavy atom. The van der Waals surface area contributed by atoms with Crippen LogP contribution in [0.2, 0.25) is 0 Å². The molecule has 1 fully saturated rings. The first kappa shape index (κ1) is 22.8. The summed E-state index contributed by atoms with van der Waals surface area (Å²) in [6.45, 7) is 11.1. The molecule has 160 valence electrons. The van der Waals surface area contributed by atoms with E-state index in [9.17, 15) is 24.3 Å². The molecule has 0 bridgehead atoms. The number of rotatable bonds is 3. The zero-order valence-corrected chi connectivity index (χ0v) is 17.4. The van der Waals surface area contributed by atoms with Gasteiger partial charge in [-0.15, -0.1) is 0 Å². The molecule has 5 unspecified atom stereocenters. The van der Waals surface area contributed by atoms with Crippen molar-refractivity contribution in [2.45, 2.75) is 71.4 Å². The van der Waals surface area contributed by atoms with Crippen molar-refractivity contribution in [3.05, 3.63) is 23.8 Å². The number of aliphatic hydroxyl groups is 1. The lowest BCUT2D eigenvalue weighted by molar-refractivity contribution is -0.198. The molecule has 8 heteroatoms. The fourth-order valence-corrected chi connectivity index (χ4v) is 3.53. The number of esters is 3. The van der Waals surface area contributed by atoms with Gasteiger partial charge in [-0.2, -0.15) is 0 Å². The quantitative estimate of drug-likeness (QED) is 0.324. The van der Waals surface area contributed by atoms with E-state index in [4.69, 9.17) is 14.2 Å². The molecule has 2 aliphatic rings. The van der Waals surface area contributed by atoms with Crippen LogP contribution in [0.5, 0.6) is 0 Å². The second kappa shape index (κ2) is 8.49. The van der Waals surface area contributed by atoms with Crippen molar-refractivity contribution in [1.29, 1.82) is 0 Å². The van der Waals surface area contributed by atoms with E-state index < -0.39 is 59.4 Å². The van der Waals surface area contributed by atoms with Crippen LogP contribution < -0.4 is 0 Å². The van der Waals surface area contributed by atoms with Gasteiger partial charge in [-0.3, -0.25) is 14.4 Å². The minimum atomic E-state index is -2.17. The standard InChI is InChI=1S/C21H28O8/c1-10(2)19(24)29-17-16-12(4)20(25)28-14(16)9-11(3)7-8-15(23)21(6,26)18(17)27-13(5)22/h7,10,14,16-18,26H,4,8-9H2,1-3,5-6H3. The summed E-state index contributed by atoms with van der Waals surface area (Å²) in [7, 11) is 0. The summed E-state index contributed by atoms with van der Waals surface area (Å²) in [5.41, 5.74) is -1.37. The van der Waals surface area contributed by atoms with Gasteiger partial charge in [0.2, 0.25) is 0 Å². The van der Waals surface area contributed by atoms with Crippen molar-refractivity contribution in [3.8, 4) is 0 Å². The summed E-state index contributed by atoms with van der Waals surface area (Å²) in [5.74, 6) is -4.10. The van der Waals surface area contributed by atoms with Gasteiger partial charge < -0.3 is 19.3 Å². The molecule has 1 saturated heterocycles. The van der Waals surface area contributed by atoms with Gasteiger partial charge >= 0.3 is 17.9 Å². The van der Waals surface area contributed by atoms with Crippen LogP contribution in [0, 0.1) is 11.8 Å². The predicted molar refractivity (Wildman–Crippen MR) is 101 cm³/mol. The van der Waals surface area contributed by atoms with Gasteiger partial charge in [0.05, 0.1) is 11.8 Å². The molecule has 2 rings (SSSR count). The van der Waals surface area contributed by atoms with E-state index in [1.54, 1.807) is 26.8 Å². The molecule has 0 aromatic carbocycles. The molecule has 0 aromatic rings. The molecule has 0 aromatic heterocycles. The van der Waals surface area contributed by atoms with E-state index >= 15 is 0 Å². The first-order valence-corrected chi connectivity index (χ1v) is 9.55. The van der Waals surface area contributed by atoms with E-state index in [0.717, 1.165) is 12.5 Å². The second-order valence-electron chi connectivity index (χ2n) is 8.11. The molecule has 1 heterocycles. The average Bonchev–Trinajstić information content (AvgIpc) is 2.88. The van der Waals surface area contributed by atoms with Crippen molar-refractivity contribution in [2.75, 3.05) is 0 Å². The molecule has 0 amide bonds. The maximum atomic E-state index is 12.7. The highest BCUT2D eigenvalue weighted by Crippen LogP contribution is 2.40. The number of hydrogen-bond acceptors (Lipinski definition) is 8. The van der Waals surface area contributed by atoms with E-state index in [0.29, 0.717) is 0 Å². The van der Waals surface area contributed by atoms with Gasteiger partial charge in [-0.25, -0.2) is 4.79 Å². The largest absolute Gasteiger partial charge is 0.458 e. The Morgan fingerprint density at radius 1 is 1.31 bits per heavy atom. The Morgan fingerprint density at radius 3 is 2.48 bits per heavy atom. The minimum absolute atomic E-state index is 0.0327. The Bertz CT molecular complexity index is 761. The van der Waals surface area contributed by atoms with Crippen LogP contribution in [0.15, 0.2) is 23.8 Å². The van der Waals surface area contributed by atoms with Crippen LogP contribution in [0.1, 0.15) is 47.5 Å². The summed E-state index contributed by atoms with van der Waals surface area (Å²) in [6, 6.07) is 0. The van der Waals surface area contributed by atoms with Crippen LogP contribution in [0.4, 0.5) is 0 Å². The van der Waals surface area contributed by atoms with Crippen LogP contribution in [0.25, 0.3) is 0 Å². The molecule has 1 aliphatic heterocycles. The third-order valence-electron chi connectivity index (χ3n) is 5.27. The van der Waals surface area contributed by atoms with Crippen LogP contribution in [-0.4, -0.2) is 52.7 Å². The number of carbonyl (C=O) groups excluding carboxylic acids is 4. The first-order valence-electron chi connectivity index (χ1n) is 9.55. The van der Waals surface area contributed by atoms with Crippen molar-refractivity contribution in [2.24, 2.45) is 11.8 Å². The van der Waals surface area contributed by atoms with E-state index in [1.165, 1.54) is 6.92 Å². The van der Waals surface area contributed by atoms with Gasteiger partial charge in [-0.1, -0.05) is 32.1 Å². The molecule has 29 heavy (non-hydrogen) atoms. The summed E-state index contributed by atoms with van der Waals surface area (Å²) < 4.78 is 16.3. The highest BCUT2D eigenvalue weighted by molar-refractivity contribution is 5.92. The lowest BCUT2D eigenvalue weighted by Crippen LogP contribution is -2.58. The fourth-order valence-electron chi connectivity index (χ4n) is 3.53. The zero-order chi connectivity index (χ0) is 22.1. The van der Waals surface area contributed by atoms with Crippen LogP contribution in [0.3, 0.4) is 0 Å². The normalized spacial score (nSPS) is 32.9. The zero-order valence-electron chi connectivity index (χ0n) is 17.4. The molecule has 0 saturated carbocycles. The average molecular weight is 408 g/mol. The Labute approximate surface area is 169 Å². The Balaban J connectivity index is 2.66. The number of hydrogen-bond donors (Lipinski definition) is 1. The maximum Gasteiger partial charge on any atom is 0.334 e. The monoisotopic (exact) mass is 408 g/mol. The fraction of sp³-hybridized carbons (Fsp3) is 0.619. The second-order valence-corrected chi connectivity index (χ2v) is 8.11. The molecular weight excluding hydrogens is 380 g/mol. The van der Waals surface area contributed by atoms with Crippen LogP contribution in [-0.2, 0) is 33.4 Å². The summed E-state index contributed by atoms with van der Waals surface area (Å²) in [5, 5.41) is 11.1. The molecule has 5 atom stereocenters. The molecule has 1 aliphatic carbocycles. The molecule has 1 N–H and O–H groups in total. The molecule has 0 radical (unpaired) electrons. The maximum absolute atomic E-state index is 12.7. The van der Waals surface area contributed by atoms with Gasteiger partial charge in [0, 0.05) is 25.3 Å². The number of allylic oxidation sites excluding steroid dienone is 1. The number of ketones is 1. The van der Waals surface area contributed by atoms with Crippen molar-refractivity contribution >= 4 is 23.7 Å². The van der Waals surface area contributed by atoms with Gasteiger partial charge in [0.25, 0.3) is 0 Å². The number of carbonyl (C=O) groups is 4. The number of Topliss-reactive ketones (excluding diaryl/α,β-unsaturated/α-hetero) is 1. The van der Waals surface area contributed by atoms with Crippen molar-refractivity contribution in [3.63, 3.8) is 0 Å². The highest BCUT2D eigenvalue weighted by Gasteiger charge is 2.55. The van der Waals surface area contributed by atoms with Gasteiger partial charge in [0.15, 0.2) is 23.6 Å². The lowest BCUT2D eigenvalue weighted by atomic mass is 9.77. The minimum Gasteiger partial charge on any atom is -0.458 e. The topological polar surface area (TPSA) is 116 Å². The highest BCUT2D eigenvalue weighted by atomic mass is 16.6. The third-order valence-corrected chi connectivity index (χ3v) is 5.27. The van der Waals surface area contributed by atoms with Crippen LogP contribution >= 0.6 is 0 Å². The van der Waals surface area contributed by atoms with E-state index in [1.807, 2.05) is 0 Å². The summed E-state index contributed by atoms with van der Waals surface area (Å²) >= 11 is 0. The van der Waals surface area contributed by atoms with Crippen molar-refractivity contribution in [1.82, 2.24) is 0 Å². The number of fused-ring (bicyclic) bond motifs is 1. The predicted octanol–water partition coefficient (Wildman–Crippen LogP) is 1.64. The summed E-state index contributed by atoms with van der Waals surface area (Å²) in [6.07, 6.45) is -1.81. The third kappa shape index (κ3) is 4.75. The first-order chi connectivity index (χ1) is 13.4. The Hall–Kier alpha value is -2.48. The lowest BCUT2D eigenvalue weighted by Gasteiger charge is -2.39. The summed E-state index contributed by atoms with van der Waals surface area (Å²) in [4.78, 5) is 49.2. The van der Waals surface area contributed by atoms with E-state index in [2.05, 4.69) is 6.58 Å². The van der Waals surface area contributed by atoms with Gasteiger partial charge in [-0.05, 0) is 13.8 Å². The SMILES string of the molecule is C=C1C(=O)OC2CC(C)=CCC(=O)C(C)(O)C(OC(C)=O)C(OC(=O)C(C)C)C12. The molecule has 8 nitrogen and oxygen atoms in total. The molecule has 0 spiro atoms. The molecular formula is C21H28O8.